The Morgan fingerprint density at radius 2 is 1.96 bits per heavy atom. The average Bonchev–Trinajstić information content (AvgIpc) is 3.04. The molecule has 0 radical (unpaired) electrons. The van der Waals surface area contributed by atoms with Crippen molar-refractivity contribution in [1.29, 1.82) is 0 Å². The summed E-state index contributed by atoms with van der Waals surface area (Å²) in [5, 5.41) is 0. The van der Waals surface area contributed by atoms with E-state index in [4.69, 9.17) is 4.74 Å². The van der Waals surface area contributed by atoms with Gasteiger partial charge in [0.25, 0.3) is 0 Å². The molecule has 2 aliphatic heterocycles. The van der Waals surface area contributed by atoms with Gasteiger partial charge in [-0.3, -0.25) is 9.59 Å². The lowest BCUT2D eigenvalue weighted by atomic mass is 9.94. The SMILES string of the molecule is CCCC1C(=O)N(S(C)(=O)=O)C2CCN(C(=O)C=CC(=O)OCC)C12. The van der Waals surface area contributed by atoms with E-state index in [0.29, 0.717) is 25.8 Å². The molecule has 0 saturated carbocycles. The lowest BCUT2D eigenvalue weighted by Gasteiger charge is -2.26. The van der Waals surface area contributed by atoms with Crippen molar-refractivity contribution in [3.8, 4) is 0 Å². The van der Waals surface area contributed by atoms with Crippen LogP contribution in [-0.2, 0) is 29.1 Å². The highest BCUT2D eigenvalue weighted by molar-refractivity contribution is 7.88. The van der Waals surface area contributed by atoms with Gasteiger partial charge in [-0.05, 0) is 19.8 Å². The molecule has 8 nitrogen and oxygen atoms in total. The van der Waals surface area contributed by atoms with Crippen LogP contribution in [0.3, 0.4) is 0 Å². The summed E-state index contributed by atoms with van der Waals surface area (Å²) in [7, 11) is -3.69. The van der Waals surface area contributed by atoms with E-state index in [-0.39, 0.29) is 6.61 Å². The van der Waals surface area contributed by atoms with E-state index in [1.807, 2.05) is 6.92 Å². The monoisotopic (exact) mass is 372 g/mol. The molecule has 0 N–H and O–H groups in total. The van der Waals surface area contributed by atoms with E-state index < -0.39 is 45.8 Å². The summed E-state index contributed by atoms with van der Waals surface area (Å²) >= 11 is 0. The van der Waals surface area contributed by atoms with Crippen LogP contribution < -0.4 is 0 Å². The number of likely N-dealkylation sites (tertiary alicyclic amines) is 1. The zero-order valence-electron chi connectivity index (χ0n) is 14.7. The molecule has 0 spiro atoms. The Kier molecular flexibility index (Phi) is 5.87. The number of carbonyl (C=O) groups excluding carboxylic acids is 3. The summed E-state index contributed by atoms with van der Waals surface area (Å²) in [6, 6.07) is -1.01. The second kappa shape index (κ2) is 7.55. The lowest BCUT2D eigenvalue weighted by molar-refractivity contribution is -0.138. The molecule has 2 aliphatic rings. The molecular weight excluding hydrogens is 348 g/mol. The third-order valence-electron chi connectivity index (χ3n) is 4.56. The summed E-state index contributed by atoms with van der Waals surface area (Å²) < 4.78 is 29.7. The standard InChI is InChI=1S/C16H24N2O6S/c1-4-6-11-15-12(18(16(11)21)25(3,22)23)9-10-17(15)13(19)7-8-14(20)24-5-2/h7-8,11-12,15H,4-6,9-10H2,1-3H3. The first-order valence-corrected chi connectivity index (χ1v) is 10.3. The number of rotatable bonds is 6. The number of amides is 2. The van der Waals surface area contributed by atoms with Gasteiger partial charge in [-0.15, -0.1) is 0 Å². The quantitative estimate of drug-likeness (QED) is 0.491. The van der Waals surface area contributed by atoms with Crippen molar-refractivity contribution in [2.45, 2.75) is 45.2 Å². The summed E-state index contributed by atoms with van der Waals surface area (Å²) in [4.78, 5) is 37.9. The molecule has 3 unspecified atom stereocenters. The molecule has 9 heteroatoms. The highest BCUT2D eigenvalue weighted by Crippen LogP contribution is 2.40. The van der Waals surface area contributed by atoms with Crippen molar-refractivity contribution in [2.24, 2.45) is 5.92 Å². The largest absolute Gasteiger partial charge is 0.463 e. The number of nitrogens with zero attached hydrogens (tertiary/aromatic N) is 2. The molecule has 0 aromatic heterocycles. The van der Waals surface area contributed by atoms with Crippen LogP contribution in [0.2, 0.25) is 0 Å². The fraction of sp³-hybridized carbons (Fsp3) is 0.688. The van der Waals surface area contributed by atoms with Gasteiger partial charge in [-0.1, -0.05) is 13.3 Å². The second-order valence-electron chi connectivity index (χ2n) is 6.26. The van der Waals surface area contributed by atoms with Crippen LogP contribution in [0.5, 0.6) is 0 Å². The van der Waals surface area contributed by atoms with Crippen LogP contribution >= 0.6 is 0 Å². The van der Waals surface area contributed by atoms with Gasteiger partial charge < -0.3 is 9.64 Å². The predicted molar refractivity (Wildman–Crippen MR) is 89.8 cm³/mol. The van der Waals surface area contributed by atoms with E-state index in [1.165, 1.54) is 4.90 Å². The fourth-order valence-electron chi connectivity index (χ4n) is 3.71. The van der Waals surface area contributed by atoms with E-state index in [9.17, 15) is 22.8 Å². The number of carbonyl (C=O) groups is 3. The summed E-state index contributed by atoms with van der Waals surface area (Å²) in [5.41, 5.74) is 0. The molecule has 2 saturated heterocycles. The van der Waals surface area contributed by atoms with Gasteiger partial charge in [-0.2, -0.15) is 0 Å². The first-order valence-electron chi connectivity index (χ1n) is 8.41. The van der Waals surface area contributed by atoms with Crippen molar-refractivity contribution in [2.75, 3.05) is 19.4 Å². The zero-order valence-corrected chi connectivity index (χ0v) is 15.5. The van der Waals surface area contributed by atoms with Crippen LogP contribution in [0.15, 0.2) is 12.2 Å². The molecule has 2 heterocycles. The van der Waals surface area contributed by atoms with Crippen LogP contribution in [0, 0.1) is 5.92 Å². The Bertz CT molecular complexity index is 687. The molecule has 2 amide bonds. The zero-order chi connectivity index (χ0) is 18.8. The van der Waals surface area contributed by atoms with Crippen molar-refractivity contribution < 1.29 is 27.5 Å². The third-order valence-corrected chi connectivity index (χ3v) is 5.72. The lowest BCUT2D eigenvalue weighted by Crippen LogP contribution is -2.42. The highest BCUT2D eigenvalue weighted by atomic mass is 32.2. The Morgan fingerprint density at radius 1 is 1.28 bits per heavy atom. The number of esters is 1. The number of ether oxygens (including phenoxy) is 1. The van der Waals surface area contributed by atoms with Gasteiger partial charge in [0.1, 0.15) is 0 Å². The molecule has 0 bridgehead atoms. The first-order chi connectivity index (χ1) is 11.7. The van der Waals surface area contributed by atoms with E-state index >= 15 is 0 Å². The van der Waals surface area contributed by atoms with Crippen molar-refractivity contribution >= 4 is 27.8 Å². The molecule has 0 aliphatic carbocycles. The Labute approximate surface area is 147 Å². The van der Waals surface area contributed by atoms with Crippen LogP contribution in [0.4, 0.5) is 0 Å². The van der Waals surface area contributed by atoms with Gasteiger partial charge in [-0.25, -0.2) is 17.5 Å². The molecule has 2 rings (SSSR count). The van der Waals surface area contributed by atoms with Crippen molar-refractivity contribution in [3.05, 3.63) is 12.2 Å². The maximum atomic E-state index is 12.6. The minimum absolute atomic E-state index is 0.210. The highest BCUT2D eigenvalue weighted by Gasteiger charge is 2.56. The van der Waals surface area contributed by atoms with E-state index in [0.717, 1.165) is 22.7 Å². The number of hydrogen-bond acceptors (Lipinski definition) is 6. The average molecular weight is 372 g/mol. The molecular formula is C16H24N2O6S. The second-order valence-corrected chi connectivity index (χ2v) is 8.12. The smallest absolute Gasteiger partial charge is 0.330 e. The van der Waals surface area contributed by atoms with Crippen molar-refractivity contribution in [1.82, 2.24) is 9.21 Å². The number of hydrogen-bond donors (Lipinski definition) is 0. The maximum Gasteiger partial charge on any atom is 0.330 e. The predicted octanol–water partition coefficient (Wildman–Crippen LogP) is 0.293. The third kappa shape index (κ3) is 3.86. The van der Waals surface area contributed by atoms with Gasteiger partial charge in [0.2, 0.25) is 21.8 Å². The van der Waals surface area contributed by atoms with Crippen LogP contribution in [-0.4, -0.2) is 66.9 Å². The molecule has 25 heavy (non-hydrogen) atoms. The first kappa shape index (κ1) is 19.4. The molecule has 0 aromatic carbocycles. The van der Waals surface area contributed by atoms with E-state index in [1.54, 1.807) is 6.92 Å². The topological polar surface area (TPSA) is 101 Å². The van der Waals surface area contributed by atoms with Gasteiger partial charge in [0, 0.05) is 18.7 Å². The Balaban J connectivity index is 2.25. The normalized spacial score (nSPS) is 26.4. The molecule has 140 valence electrons. The molecule has 3 atom stereocenters. The fourth-order valence-corrected chi connectivity index (χ4v) is 4.89. The van der Waals surface area contributed by atoms with Crippen LogP contribution in [0.25, 0.3) is 0 Å². The molecule has 2 fully saturated rings. The summed E-state index contributed by atoms with van der Waals surface area (Å²) in [6.45, 7) is 4.13. The Morgan fingerprint density at radius 3 is 2.52 bits per heavy atom. The number of fused-ring (bicyclic) bond motifs is 1. The Hall–Kier alpha value is -1.90. The van der Waals surface area contributed by atoms with E-state index in [2.05, 4.69) is 0 Å². The van der Waals surface area contributed by atoms with Gasteiger partial charge >= 0.3 is 5.97 Å². The van der Waals surface area contributed by atoms with Crippen molar-refractivity contribution in [3.63, 3.8) is 0 Å². The maximum absolute atomic E-state index is 12.6. The summed E-state index contributed by atoms with van der Waals surface area (Å²) in [6.07, 6.45) is 4.81. The van der Waals surface area contributed by atoms with Crippen LogP contribution in [0.1, 0.15) is 33.1 Å². The minimum atomic E-state index is -3.69. The van der Waals surface area contributed by atoms with Gasteiger partial charge in [0.05, 0.1) is 30.9 Å². The summed E-state index contributed by atoms with van der Waals surface area (Å²) in [5.74, 6) is -2.00. The minimum Gasteiger partial charge on any atom is -0.463 e. The number of sulfonamides is 1. The van der Waals surface area contributed by atoms with Gasteiger partial charge in [0.15, 0.2) is 0 Å². The molecule has 0 aromatic rings.